The van der Waals surface area contributed by atoms with Gasteiger partial charge in [-0.3, -0.25) is 14.6 Å². The summed E-state index contributed by atoms with van der Waals surface area (Å²) in [5.74, 6) is -1.46. The van der Waals surface area contributed by atoms with Gasteiger partial charge >= 0.3 is 6.18 Å². The maximum atomic E-state index is 14.8. The molecule has 1 aromatic carbocycles. The van der Waals surface area contributed by atoms with Crippen molar-refractivity contribution in [1.82, 2.24) is 20.3 Å². The number of rotatable bonds is 8. The molecule has 1 aliphatic rings. The summed E-state index contributed by atoms with van der Waals surface area (Å²) >= 11 is 3.02. The molecule has 2 N–H and O–H groups in total. The van der Waals surface area contributed by atoms with E-state index in [0.717, 1.165) is 12.1 Å². The Balaban J connectivity index is 1.44. The van der Waals surface area contributed by atoms with Crippen LogP contribution in [0.4, 0.5) is 28.9 Å². The second kappa shape index (κ2) is 9.92. The molecule has 1 saturated carbocycles. The van der Waals surface area contributed by atoms with E-state index in [1.54, 1.807) is 0 Å². The SMILES string of the molecule is C[C@H](NC(=O)C1(CC(=O)c2cncnc2)CC1)c1ncc(Nc2ccc(Br)cc2C(F)(F)F)cc1F. The maximum Gasteiger partial charge on any atom is 0.418 e. The van der Waals surface area contributed by atoms with E-state index in [4.69, 9.17) is 0 Å². The molecule has 188 valence electrons. The topological polar surface area (TPSA) is 96.9 Å². The van der Waals surface area contributed by atoms with Crippen molar-refractivity contribution >= 4 is 39.0 Å². The van der Waals surface area contributed by atoms with E-state index in [1.165, 1.54) is 44.0 Å². The molecule has 0 radical (unpaired) electrons. The van der Waals surface area contributed by atoms with E-state index < -0.39 is 34.9 Å². The molecule has 0 spiro atoms. The summed E-state index contributed by atoms with van der Waals surface area (Å²) in [6, 6.07) is 3.74. The molecule has 0 saturated heterocycles. The highest BCUT2D eigenvalue weighted by Crippen LogP contribution is 2.50. The van der Waals surface area contributed by atoms with Gasteiger partial charge in [-0.2, -0.15) is 13.2 Å². The number of ketones is 1. The molecule has 0 unspecified atom stereocenters. The van der Waals surface area contributed by atoms with E-state index in [9.17, 15) is 27.2 Å². The van der Waals surface area contributed by atoms with Gasteiger partial charge in [0.15, 0.2) is 5.78 Å². The van der Waals surface area contributed by atoms with Gasteiger partial charge in [-0.25, -0.2) is 14.4 Å². The number of anilines is 2. The fourth-order valence-electron chi connectivity index (χ4n) is 3.76. The lowest BCUT2D eigenvalue weighted by molar-refractivity contribution is -0.137. The monoisotopic (exact) mass is 565 g/mol. The van der Waals surface area contributed by atoms with Crippen LogP contribution in [0.25, 0.3) is 0 Å². The first-order valence-electron chi connectivity index (χ1n) is 10.9. The van der Waals surface area contributed by atoms with Crippen molar-refractivity contribution in [2.45, 2.75) is 38.4 Å². The number of hydrogen-bond donors (Lipinski definition) is 2. The number of amides is 1. The van der Waals surface area contributed by atoms with Crippen LogP contribution in [0, 0.1) is 11.2 Å². The summed E-state index contributed by atoms with van der Waals surface area (Å²) in [6.45, 7) is 1.54. The van der Waals surface area contributed by atoms with Gasteiger partial charge in [0.05, 0.1) is 45.8 Å². The second-order valence-corrected chi connectivity index (χ2v) is 9.52. The summed E-state index contributed by atoms with van der Waals surface area (Å²) < 4.78 is 55.2. The Hall–Kier alpha value is -3.41. The van der Waals surface area contributed by atoms with Crippen LogP contribution < -0.4 is 10.6 Å². The van der Waals surface area contributed by atoms with Crippen molar-refractivity contribution in [2.75, 3.05) is 5.32 Å². The third-order valence-electron chi connectivity index (χ3n) is 5.91. The second-order valence-electron chi connectivity index (χ2n) is 8.61. The average Bonchev–Trinajstić information content (AvgIpc) is 3.61. The molecule has 1 amide bonds. The molecule has 2 heterocycles. The number of Topliss-reactive ketones (excluding diaryl/α,β-unsaturated/α-hetero) is 1. The van der Waals surface area contributed by atoms with Crippen molar-refractivity contribution in [3.8, 4) is 0 Å². The fourth-order valence-corrected chi connectivity index (χ4v) is 4.12. The van der Waals surface area contributed by atoms with Gasteiger partial charge in [-0.15, -0.1) is 0 Å². The van der Waals surface area contributed by atoms with Gasteiger partial charge in [0, 0.05) is 29.4 Å². The Kier molecular flexibility index (Phi) is 7.07. The molecule has 12 heteroatoms. The summed E-state index contributed by atoms with van der Waals surface area (Å²) in [4.78, 5) is 37.0. The van der Waals surface area contributed by atoms with E-state index >= 15 is 0 Å². The molecule has 1 fully saturated rings. The minimum atomic E-state index is -4.62. The zero-order chi connectivity index (χ0) is 26.1. The number of pyridine rings is 1. The van der Waals surface area contributed by atoms with Crippen molar-refractivity contribution < 1.29 is 27.2 Å². The van der Waals surface area contributed by atoms with Crippen LogP contribution in [-0.2, 0) is 11.0 Å². The first-order chi connectivity index (χ1) is 17.0. The molecule has 2 aromatic heterocycles. The molecule has 3 aromatic rings. The first kappa shape index (κ1) is 25.7. The number of nitrogens with one attached hydrogen (secondary N) is 2. The van der Waals surface area contributed by atoms with Crippen molar-refractivity contribution in [1.29, 1.82) is 0 Å². The van der Waals surface area contributed by atoms with Crippen LogP contribution in [0.5, 0.6) is 0 Å². The highest BCUT2D eigenvalue weighted by molar-refractivity contribution is 9.10. The number of hydrogen-bond acceptors (Lipinski definition) is 6. The Labute approximate surface area is 211 Å². The Morgan fingerprint density at radius 3 is 2.44 bits per heavy atom. The van der Waals surface area contributed by atoms with Crippen LogP contribution in [-0.4, -0.2) is 26.6 Å². The summed E-state index contributed by atoms with van der Waals surface area (Å²) in [7, 11) is 0. The lowest BCUT2D eigenvalue weighted by Crippen LogP contribution is -2.36. The third kappa shape index (κ3) is 5.69. The van der Waals surface area contributed by atoms with Crippen molar-refractivity contribution in [3.05, 3.63) is 76.3 Å². The number of benzene rings is 1. The normalized spacial score (nSPS) is 15.2. The first-order valence-corrected chi connectivity index (χ1v) is 11.7. The lowest BCUT2D eigenvalue weighted by atomic mass is 9.95. The van der Waals surface area contributed by atoms with Gasteiger partial charge in [-0.05, 0) is 38.0 Å². The van der Waals surface area contributed by atoms with Gasteiger partial charge in [0.2, 0.25) is 5.91 Å². The number of aromatic nitrogens is 3. The zero-order valence-electron chi connectivity index (χ0n) is 18.9. The molecular weight excluding hydrogens is 546 g/mol. The molecule has 7 nitrogen and oxygen atoms in total. The Morgan fingerprint density at radius 2 is 1.83 bits per heavy atom. The largest absolute Gasteiger partial charge is 0.418 e. The molecule has 0 aliphatic heterocycles. The molecule has 4 rings (SSSR count). The van der Waals surface area contributed by atoms with Crippen LogP contribution in [0.2, 0.25) is 0 Å². The third-order valence-corrected chi connectivity index (χ3v) is 6.40. The average molecular weight is 566 g/mol. The summed E-state index contributed by atoms with van der Waals surface area (Å²) in [5.41, 5.74) is -1.83. The predicted molar refractivity (Wildman–Crippen MR) is 126 cm³/mol. The predicted octanol–water partition coefficient (Wildman–Crippen LogP) is 5.77. The number of nitrogens with zero attached hydrogens (tertiary/aromatic N) is 3. The highest BCUT2D eigenvalue weighted by atomic mass is 79.9. The van der Waals surface area contributed by atoms with Gasteiger partial charge in [-0.1, -0.05) is 15.9 Å². The number of carbonyl (C=O) groups excluding carboxylic acids is 2. The molecule has 1 aliphatic carbocycles. The van der Waals surface area contributed by atoms with Crippen LogP contribution in [0.3, 0.4) is 0 Å². The number of carbonyl (C=O) groups is 2. The quantitative estimate of drug-likeness (QED) is 0.266. The molecule has 0 bridgehead atoms. The standard InChI is InChI=1S/C24H20BrF4N5O2/c1-13(33-22(36)23(4-5-23)8-20(35)14-9-30-12-31-10-14)21-18(26)7-16(11-32-21)34-19-3-2-15(25)6-17(19)24(27,28)29/h2-3,6-7,9-13,34H,4-5,8H2,1H3,(H,33,36)/t13-/m0/s1. The van der Waals surface area contributed by atoms with Gasteiger partial charge in [0.25, 0.3) is 0 Å². The molecular formula is C24H20BrF4N5O2. The van der Waals surface area contributed by atoms with Crippen molar-refractivity contribution in [2.24, 2.45) is 5.41 Å². The number of alkyl halides is 3. The van der Waals surface area contributed by atoms with Crippen LogP contribution in [0.1, 0.15) is 53.8 Å². The van der Waals surface area contributed by atoms with E-state index in [2.05, 4.69) is 41.5 Å². The lowest BCUT2D eigenvalue weighted by Gasteiger charge is -2.20. The Bertz CT molecular complexity index is 1300. The Morgan fingerprint density at radius 1 is 1.14 bits per heavy atom. The van der Waals surface area contributed by atoms with E-state index in [0.29, 0.717) is 18.4 Å². The summed E-state index contributed by atoms with van der Waals surface area (Å²) in [6.07, 6.45) is 1.64. The minimum absolute atomic E-state index is 0.0111. The maximum absolute atomic E-state index is 14.8. The molecule has 36 heavy (non-hydrogen) atoms. The van der Waals surface area contributed by atoms with E-state index in [1.807, 2.05) is 0 Å². The summed E-state index contributed by atoms with van der Waals surface area (Å²) in [5, 5.41) is 5.25. The van der Waals surface area contributed by atoms with E-state index in [-0.39, 0.29) is 33.7 Å². The zero-order valence-corrected chi connectivity index (χ0v) is 20.5. The highest BCUT2D eigenvalue weighted by Gasteiger charge is 2.51. The van der Waals surface area contributed by atoms with Crippen LogP contribution >= 0.6 is 15.9 Å². The van der Waals surface area contributed by atoms with Crippen molar-refractivity contribution in [3.63, 3.8) is 0 Å². The smallest absolute Gasteiger partial charge is 0.354 e. The number of halogens is 5. The fraction of sp³-hybridized carbons (Fsp3) is 0.292. The van der Waals surface area contributed by atoms with Gasteiger partial charge in [0.1, 0.15) is 12.1 Å². The minimum Gasteiger partial charge on any atom is -0.354 e. The molecule has 1 atom stereocenters. The van der Waals surface area contributed by atoms with Gasteiger partial charge < -0.3 is 10.6 Å². The van der Waals surface area contributed by atoms with Crippen LogP contribution in [0.15, 0.2) is 53.7 Å².